The Bertz CT molecular complexity index is 952. The molecule has 5 nitrogen and oxygen atoms in total. The van der Waals surface area contributed by atoms with E-state index in [-0.39, 0.29) is 11.9 Å². The van der Waals surface area contributed by atoms with Crippen molar-refractivity contribution in [2.75, 3.05) is 10.2 Å². The molecule has 0 saturated carbocycles. The summed E-state index contributed by atoms with van der Waals surface area (Å²) in [5.41, 5.74) is 4.69. The molecule has 5 heteroatoms. The van der Waals surface area contributed by atoms with Crippen LogP contribution in [-0.2, 0) is 6.42 Å². The quantitative estimate of drug-likeness (QED) is 0.776. The summed E-state index contributed by atoms with van der Waals surface area (Å²) >= 11 is 0. The highest BCUT2D eigenvalue weighted by atomic mass is 16.1. The summed E-state index contributed by atoms with van der Waals surface area (Å²) in [5.74, 6) is 0.504. The normalized spacial score (nSPS) is 15.6. The summed E-state index contributed by atoms with van der Waals surface area (Å²) in [6.45, 7) is 4.17. The van der Waals surface area contributed by atoms with Crippen LogP contribution in [0.4, 0.5) is 17.2 Å². The predicted octanol–water partition coefficient (Wildman–Crippen LogP) is 4.12. The first-order valence-electron chi connectivity index (χ1n) is 8.69. The molecule has 4 rings (SSSR count). The zero-order valence-electron chi connectivity index (χ0n) is 14.8. The lowest BCUT2D eigenvalue weighted by molar-refractivity contribution is 0.102. The van der Waals surface area contributed by atoms with Gasteiger partial charge in [0.25, 0.3) is 5.91 Å². The van der Waals surface area contributed by atoms with Crippen LogP contribution < -0.4 is 10.2 Å². The van der Waals surface area contributed by atoms with Crippen molar-refractivity contribution < 1.29 is 4.79 Å². The van der Waals surface area contributed by atoms with Crippen LogP contribution in [0.1, 0.15) is 28.5 Å². The van der Waals surface area contributed by atoms with Crippen molar-refractivity contribution in [3.05, 3.63) is 77.7 Å². The number of hydrogen-bond acceptors (Lipinski definition) is 4. The molecule has 1 aromatic heterocycles. The number of para-hydroxylation sites is 1. The molecule has 2 heterocycles. The fraction of sp³-hybridized carbons (Fsp3) is 0.190. The third kappa shape index (κ3) is 3.04. The first kappa shape index (κ1) is 16.3. The molecule has 0 saturated heterocycles. The average Bonchev–Trinajstić information content (AvgIpc) is 2.99. The first-order valence-corrected chi connectivity index (χ1v) is 8.69. The molecule has 0 spiro atoms. The molecule has 0 fully saturated rings. The number of nitrogens with one attached hydrogen (secondary N) is 1. The van der Waals surface area contributed by atoms with E-state index < -0.39 is 0 Å². The fourth-order valence-electron chi connectivity index (χ4n) is 3.35. The summed E-state index contributed by atoms with van der Waals surface area (Å²) < 4.78 is 0. The molecule has 1 amide bonds. The van der Waals surface area contributed by atoms with Crippen LogP contribution in [0.25, 0.3) is 0 Å². The van der Waals surface area contributed by atoms with Crippen molar-refractivity contribution in [2.45, 2.75) is 26.3 Å². The lowest BCUT2D eigenvalue weighted by atomic mass is 10.1. The topological polar surface area (TPSA) is 58.1 Å². The van der Waals surface area contributed by atoms with Crippen molar-refractivity contribution in [2.24, 2.45) is 0 Å². The zero-order chi connectivity index (χ0) is 18.1. The minimum absolute atomic E-state index is 0.238. The fourth-order valence-corrected chi connectivity index (χ4v) is 3.35. The van der Waals surface area contributed by atoms with Gasteiger partial charge in [0.15, 0.2) is 0 Å². The summed E-state index contributed by atoms with van der Waals surface area (Å²) in [4.78, 5) is 23.3. The minimum atomic E-state index is -0.238. The standard InChI is InChI=1S/C21H20N4O/c1-14-7-9-17(10-8-14)24-21(26)18-12-20(23-13-22-18)25-15(2)11-16-5-3-4-6-19(16)25/h3-10,12-13,15H,11H2,1-2H3,(H,24,26). The number of amides is 1. The largest absolute Gasteiger partial charge is 0.323 e. The Labute approximate surface area is 152 Å². The third-order valence-corrected chi connectivity index (χ3v) is 4.65. The van der Waals surface area contributed by atoms with Gasteiger partial charge in [-0.2, -0.15) is 0 Å². The van der Waals surface area contributed by atoms with Crippen LogP contribution in [0.3, 0.4) is 0 Å². The zero-order valence-corrected chi connectivity index (χ0v) is 14.8. The van der Waals surface area contributed by atoms with Gasteiger partial charge >= 0.3 is 0 Å². The van der Waals surface area contributed by atoms with Gasteiger partial charge in [0.2, 0.25) is 0 Å². The molecular weight excluding hydrogens is 324 g/mol. The van der Waals surface area contributed by atoms with Crippen LogP contribution in [-0.4, -0.2) is 21.9 Å². The van der Waals surface area contributed by atoms with Crippen molar-refractivity contribution >= 4 is 23.1 Å². The summed E-state index contributed by atoms with van der Waals surface area (Å²) in [5, 5.41) is 2.89. The second kappa shape index (κ2) is 6.59. The second-order valence-electron chi connectivity index (χ2n) is 6.63. The number of carbonyl (C=O) groups is 1. The highest BCUT2D eigenvalue weighted by Gasteiger charge is 2.28. The molecule has 130 valence electrons. The monoisotopic (exact) mass is 344 g/mol. The lowest BCUT2D eigenvalue weighted by Crippen LogP contribution is -2.25. The van der Waals surface area contributed by atoms with Crippen molar-refractivity contribution in [3.63, 3.8) is 0 Å². The maximum atomic E-state index is 12.6. The number of aryl methyl sites for hydroxylation is 1. The number of aromatic nitrogens is 2. The molecule has 1 aliphatic rings. The van der Waals surface area contributed by atoms with E-state index in [9.17, 15) is 4.79 Å². The smallest absolute Gasteiger partial charge is 0.274 e. The molecule has 2 aromatic carbocycles. The number of nitrogens with zero attached hydrogens (tertiary/aromatic N) is 3. The maximum Gasteiger partial charge on any atom is 0.274 e. The van der Waals surface area contributed by atoms with Crippen LogP contribution in [0.15, 0.2) is 60.9 Å². The van der Waals surface area contributed by atoms with Gasteiger partial charge in [-0.15, -0.1) is 0 Å². The molecule has 3 aromatic rings. The molecule has 1 unspecified atom stereocenters. The van der Waals surface area contributed by atoms with Gasteiger partial charge in [0.1, 0.15) is 17.8 Å². The van der Waals surface area contributed by atoms with Gasteiger partial charge in [-0.05, 0) is 44.0 Å². The van der Waals surface area contributed by atoms with Gasteiger partial charge < -0.3 is 10.2 Å². The highest BCUT2D eigenvalue weighted by molar-refractivity contribution is 6.03. The number of rotatable bonds is 3. The number of carbonyl (C=O) groups excluding carboxylic acids is 1. The summed E-state index contributed by atoms with van der Waals surface area (Å²) in [7, 11) is 0. The van der Waals surface area contributed by atoms with Gasteiger partial charge in [-0.3, -0.25) is 4.79 Å². The van der Waals surface area contributed by atoms with Crippen LogP contribution >= 0.6 is 0 Å². The molecular formula is C21H20N4O. The summed E-state index contributed by atoms with van der Waals surface area (Å²) in [6, 6.07) is 18.0. The molecule has 1 atom stereocenters. The van der Waals surface area contributed by atoms with E-state index in [0.29, 0.717) is 5.69 Å². The maximum absolute atomic E-state index is 12.6. The van der Waals surface area contributed by atoms with Crippen molar-refractivity contribution in [1.82, 2.24) is 9.97 Å². The van der Waals surface area contributed by atoms with E-state index in [4.69, 9.17) is 0 Å². The van der Waals surface area contributed by atoms with Gasteiger partial charge in [-0.1, -0.05) is 35.9 Å². The molecule has 26 heavy (non-hydrogen) atoms. The third-order valence-electron chi connectivity index (χ3n) is 4.65. The van der Waals surface area contributed by atoms with E-state index in [1.807, 2.05) is 37.3 Å². The van der Waals surface area contributed by atoms with E-state index in [1.54, 1.807) is 6.07 Å². The lowest BCUT2D eigenvalue weighted by Gasteiger charge is -2.23. The van der Waals surface area contributed by atoms with E-state index >= 15 is 0 Å². The highest BCUT2D eigenvalue weighted by Crippen LogP contribution is 2.37. The Hall–Kier alpha value is -3.21. The Morgan fingerprint density at radius 1 is 1.12 bits per heavy atom. The average molecular weight is 344 g/mol. The molecule has 0 bridgehead atoms. The van der Waals surface area contributed by atoms with Gasteiger partial charge in [0, 0.05) is 23.5 Å². The molecule has 1 N–H and O–H groups in total. The Kier molecular flexibility index (Phi) is 4.13. The van der Waals surface area contributed by atoms with E-state index in [0.717, 1.165) is 29.2 Å². The van der Waals surface area contributed by atoms with Crippen LogP contribution in [0.2, 0.25) is 0 Å². The number of anilines is 3. The molecule has 0 radical (unpaired) electrons. The predicted molar refractivity (Wildman–Crippen MR) is 103 cm³/mol. The second-order valence-corrected chi connectivity index (χ2v) is 6.63. The number of benzene rings is 2. The van der Waals surface area contributed by atoms with Crippen LogP contribution in [0, 0.1) is 6.92 Å². The van der Waals surface area contributed by atoms with Crippen molar-refractivity contribution in [3.8, 4) is 0 Å². The van der Waals surface area contributed by atoms with Gasteiger partial charge in [-0.25, -0.2) is 9.97 Å². The Balaban J connectivity index is 1.61. The SMILES string of the molecule is Cc1ccc(NC(=O)c2cc(N3c4ccccc4CC3C)ncn2)cc1. The summed E-state index contributed by atoms with van der Waals surface area (Å²) in [6.07, 6.45) is 2.41. The van der Waals surface area contributed by atoms with E-state index in [2.05, 4.69) is 45.3 Å². The van der Waals surface area contributed by atoms with Gasteiger partial charge in [0.05, 0.1) is 0 Å². The molecule has 0 aliphatic carbocycles. The molecule has 1 aliphatic heterocycles. The van der Waals surface area contributed by atoms with Crippen LogP contribution in [0.5, 0.6) is 0 Å². The number of fused-ring (bicyclic) bond motifs is 1. The first-order chi connectivity index (χ1) is 12.6. The van der Waals surface area contributed by atoms with E-state index in [1.165, 1.54) is 11.9 Å². The Morgan fingerprint density at radius 3 is 2.69 bits per heavy atom. The minimum Gasteiger partial charge on any atom is -0.323 e. The van der Waals surface area contributed by atoms with Crippen molar-refractivity contribution in [1.29, 1.82) is 0 Å². The Morgan fingerprint density at radius 2 is 1.88 bits per heavy atom. The number of hydrogen-bond donors (Lipinski definition) is 1.